The molecule has 5 nitrogen and oxygen atoms in total. The van der Waals surface area contributed by atoms with Crippen LogP contribution in [0.25, 0.3) is 0 Å². The normalized spacial score (nSPS) is 49.3. The van der Waals surface area contributed by atoms with Gasteiger partial charge in [0, 0.05) is 16.7 Å². The van der Waals surface area contributed by atoms with Crippen molar-refractivity contribution in [2.75, 3.05) is 0 Å². The summed E-state index contributed by atoms with van der Waals surface area (Å²) in [6.07, 6.45) is 8.28. The van der Waals surface area contributed by atoms with E-state index in [1.807, 2.05) is 26.0 Å². The van der Waals surface area contributed by atoms with Gasteiger partial charge in [-0.2, -0.15) is 5.26 Å². The zero-order valence-electron chi connectivity index (χ0n) is 22.9. The second-order valence-electron chi connectivity index (χ2n) is 14.2. The van der Waals surface area contributed by atoms with Gasteiger partial charge in [-0.3, -0.25) is 14.4 Å². The molecule has 3 fully saturated rings. The summed E-state index contributed by atoms with van der Waals surface area (Å²) in [5, 5.41) is 20.4. The molecule has 194 valence electrons. The van der Waals surface area contributed by atoms with Crippen LogP contribution >= 0.6 is 0 Å². The van der Waals surface area contributed by atoms with Crippen molar-refractivity contribution in [3.05, 3.63) is 23.3 Å². The molecule has 36 heavy (non-hydrogen) atoms. The lowest BCUT2D eigenvalue weighted by atomic mass is 9.33. The van der Waals surface area contributed by atoms with Crippen molar-refractivity contribution >= 4 is 17.5 Å². The molecule has 0 aliphatic heterocycles. The number of hydrogen-bond donors (Lipinski definition) is 1. The molecule has 5 heteroatoms. The third-order valence-corrected chi connectivity index (χ3v) is 12.6. The van der Waals surface area contributed by atoms with Gasteiger partial charge in [0.1, 0.15) is 6.07 Å². The van der Waals surface area contributed by atoms with Crippen molar-refractivity contribution < 1.29 is 19.5 Å². The molecule has 0 unspecified atom stereocenters. The minimum atomic E-state index is -0.797. The van der Waals surface area contributed by atoms with E-state index in [1.165, 1.54) is 0 Å². The van der Waals surface area contributed by atoms with E-state index >= 15 is 0 Å². The van der Waals surface area contributed by atoms with Crippen LogP contribution in [-0.2, 0) is 14.4 Å². The Hall–Kier alpha value is -2.22. The second-order valence-corrected chi connectivity index (χ2v) is 14.2. The third kappa shape index (κ3) is 2.74. The Morgan fingerprint density at radius 2 is 1.69 bits per heavy atom. The maximum Gasteiger partial charge on any atom is 0.310 e. The fourth-order valence-electron chi connectivity index (χ4n) is 10.3. The minimum absolute atomic E-state index is 0.0227. The van der Waals surface area contributed by atoms with Gasteiger partial charge in [0.05, 0.1) is 11.0 Å². The largest absolute Gasteiger partial charge is 0.481 e. The van der Waals surface area contributed by atoms with Crippen molar-refractivity contribution in [2.45, 2.75) is 87.0 Å². The summed E-state index contributed by atoms with van der Waals surface area (Å²) < 4.78 is 0. The van der Waals surface area contributed by atoms with Crippen LogP contribution in [0, 0.1) is 68.0 Å². The van der Waals surface area contributed by atoms with Crippen LogP contribution in [0.2, 0.25) is 0 Å². The molecule has 0 radical (unpaired) electrons. The van der Waals surface area contributed by atoms with Gasteiger partial charge >= 0.3 is 5.97 Å². The topological polar surface area (TPSA) is 95.2 Å². The summed E-state index contributed by atoms with van der Waals surface area (Å²) in [5.74, 6) is -0.675. The lowest BCUT2D eigenvalue weighted by Crippen LogP contribution is -2.66. The van der Waals surface area contributed by atoms with E-state index < -0.39 is 22.2 Å². The number of allylic oxidation sites excluding steroid dienone is 4. The average molecular weight is 492 g/mol. The molecule has 0 spiro atoms. The Kier molecular flexibility index (Phi) is 5.24. The third-order valence-electron chi connectivity index (χ3n) is 12.6. The maximum atomic E-state index is 14.3. The van der Waals surface area contributed by atoms with Crippen LogP contribution in [0.5, 0.6) is 0 Å². The highest BCUT2D eigenvalue weighted by Gasteiger charge is 2.71. The Labute approximate surface area is 215 Å². The number of fused-ring (bicyclic) bond motifs is 7. The van der Waals surface area contributed by atoms with E-state index in [2.05, 4.69) is 40.7 Å². The predicted octanol–water partition coefficient (Wildman–Crippen LogP) is 6.15. The molecule has 5 aliphatic carbocycles. The average Bonchev–Trinajstić information content (AvgIpc) is 2.79. The molecule has 3 saturated carbocycles. The number of nitrogens with zero attached hydrogens (tertiary/aromatic N) is 1. The van der Waals surface area contributed by atoms with Gasteiger partial charge in [-0.25, -0.2) is 0 Å². The van der Waals surface area contributed by atoms with Gasteiger partial charge in [-0.15, -0.1) is 0 Å². The molecule has 9 atom stereocenters. The van der Waals surface area contributed by atoms with Crippen molar-refractivity contribution in [3.63, 3.8) is 0 Å². The van der Waals surface area contributed by atoms with Gasteiger partial charge < -0.3 is 5.11 Å². The number of carbonyl (C=O) groups is 3. The maximum absolute atomic E-state index is 14.3. The number of Topliss-reactive ketones (excluding diaryl/α,β-unsaturated/α-hetero) is 1. The van der Waals surface area contributed by atoms with Gasteiger partial charge in [0.15, 0.2) is 11.6 Å². The van der Waals surface area contributed by atoms with Gasteiger partial charge in [-0.1, -0.05) is 60.1 Å². The Balaban J connectivity index is 1.72. The number of ketones is 2. The summed E-state index contributed by atoms with van der Waals surface area (Å²) in [6.45, 7) is 14.9. The molecule has 0 aromatic rings. The number of aliphatic carboxylic acids is 1. The van der Waals surface area contributed by atoms with Crippen LogP contribution < -0.4 is 0 Å². The van der Waals surface area contributed by atoms with Crippen LogP contribution in [0.4, 0.5) is 0 Å². The Bertz CT molecular complexity index is 1170. The van der Waals surface area contributed by atoms with E-state index in [4.69, 9.17) is 0 Å². The first-order chi connectivity index (χ1) is 16.6. The summed E-state index contributed by atoms with van der Waals surface area (Å²) in [4.78, 5) is 40.3. The summed E-state index contributed by atoms with van der Waals surface area (Å²) in [6, 6.07) is 2.14. The van der Waals surface area contributed by atoms with Gasteiger partial charge in [0.2, 0.25) is 0 Å². The highest BCUT2D eigenvalue weighted by atomic mass is 16.4. The lowest BCUT2D eigenvalue weighted by molar-refractivity contribution is -0.180. The first kappa shape index (κ1) is 25.4. The van der Waals surface area contributed by atoms with Crippen molar-refractivity contribution in [2.24, 2.45) is 56.7 Å². The minimum Gasteiger partial charge on any atom is -0.481 e. The summed E-state index contributed by atoms with van der Waals surface area (Å²) in [5.41, 5.74) is -1.55. The first-order valence-corrected chi connectivity index (χ1v) is 13.8. The molecule has 0 amide bonds. The van der Waals surface area contributed by atoms with Crippen LogP contribution in [0.15, 0.2) is 23.3 Å². The van der Waals surface area contributed by atoms with E-state index in [0.29, 0.717) is 18.8 Å². The lowest BCUT2D eigenvalue weighted by Gasteiger charge is -2.69. The molecular weight excluding hydrogens is 450 g/mol. The van der Waals surface area contributed by atoms with Crippen LogP contribution in [-0.4, -0.2) is 22.6 Å². The molecule has 1 N–H and O–H groups in total. The van der Waals surface area contributed by atoms with E-state index in [-0.39, 0.29) is 51.6 Å². The monoisotopic (exact) mass is 491 g/mol. The van der Waals surface area contributed by atoms with Crippen LogP contribution in [0.1, 0.15) is 87.0 Å². The fourth-order valence-corrected chi connectivity index (χ4v) is 10.3. The highest BCUT2D eigenvalue weighted by molar-refractivity contribution is 6.05. The summed E-state index contributed by atoms with van der Waals surface area (Å²) >= 11 is 0. The second kappa shape index (κ2) is 7.42. The van der Waals surface area contributed by atoms with E-state index in [0.717, 1.165) is 31.3 Å². The smallest absolute Gasteiger partial charge is 0.310 e. The van der Waals surface area contributed by atoms with Crippen molar-refractivity contribution in [1.29, 1.82) is 5.26 Å². The van der Waals surface area contributed by atoms with Crippen molar-refractivity contribution in [1.82, 2.24) is 0 Å². The Morgan fingerprint density at radius 3 is 2.31 bits per heavy atom. The fraction of sp³-hybridized carbons (Fsp3) is 0.742. The standard InChI is InChI=1S/C31H41NO4/c1-17-8-11-31(26(35)36)13-12-29(6)20(23(31)18(17)2)14-21(33)24-28(5)15-19(16-32)25(34)27(3,4)22(28)9-10-30(24,29)7/h14-15,17-18,22-24H,8-13H2,1-7H3,(H,35,36)/t17-,18+,22+,23+,24-,28+,29-,30-,31+/m1/s1. The summed E-state index contributed by atoms with van der Waals surface area (Å²) in [7, 11) is 0. The number of rotatable bonds is 1. The predicted molar refractivity (Wildman–Crippen MR) is 136 cm³/mol. The number of carbonyl (C=O) groups excluding carboxylic acids is 2. The molecule has 5 rings (SSSR count). The zero-order valence-corrected chi connectivity index (χ0v) is 22.9. The quantitative estimate of drug-likeness (QED) is 0.475. The van der Waals surface area contributed by atoms with Crippen molar-refractivity contribution in [3.8, 4) is 6.07 Å². The van der Waals surface area contributed by atoms with Crippen LogP contribution in [0.3, 0.4) is 0 Å². The molecule has 0 aromatic carbocycles. The van der Waals surface area contributed by atoms with Gasteiger partial charge in [0.25, 0.3) is 0 Å². The molecule has 0 aromatic heterocycles. The number of hydrogen-bond acceptors (Lipinski definition) is 4. The first-order valence-electron chi connectivity index (χ1n) is 13.8. The number of carboxylic acids is 1. The highest BCUT2D eigenvalue weighted by Crippen LogP contribution is 2.74. The van der Waals surface area contributed by atoms with Gasteiger partial charge in [-0.05, 0) is 79.1 Å². The SMILES string of the molecule is C[C@H]1[C@H](C)CC[C@]2(C(=O)O)CC[C@]3(C)C(=CC(=O)[C@@H]4[C@@]5(C)C=C(C#N)C(=O)C(C)(C)[C@@H]5CC[C@]43C)[C@H]12. The Morgan fingerprint density at radius 1 is 1.03 bits per heavy atom. The molecular formula is C31H41NO4. The molecule has 0 bridgehead atoms. The molecule has 0 saturated heterocycles. The zero-order chi connectivity index (χ0) is 26.6. The van der Waals surface area contributed by atoms with E-state index in [1.54, 1.807) is 0 Å². The number of nitriles is 1. The van der Waals surface area contributed by atoms with E-state index in [9.17, 15) is 24.8 Å². The molecule has 5 aliphatic rings. The number of carboxylic acid groups (broad SMARTS) is 1. The molecule has 0 heterocycles.